The minimum Gasteiger partial charge on any atom is -0.327 e. The van der Waals surface area contributed by atoms with Gasteiger partial charge in [0.2, 0.25) is 0 Å². The molecule has 0 aromatic rings. The van der Waals surface area contributed by atoms with Crippen molar-refractivity contribution in [1.29, 1.82) is 0 Å². The van der Waals surface area contributed by atoms with E-state index in [2.05, 4.69) is 20.4 Å². The second-order valence-electron chi connectivity index (χ2n) is 8.05. The van der Waals surface area contributed by atoms with Crippen LogP contribution in [0.25, 0.3) is 0 Å². The molecule has 1 nitrogen and oxygen atoms in total. The van der Waals surface area contributed by atoms with Gasteiger partial charge in [-0.1, -0.05) is 26.0 Å². The van der Waals surface area contributed by atoms with Crippen molar-refractivity contribution < 1.29 is 0 Å². The first-order valence-electron chi connectivity index (χ1n) is 7.87. The number of nitrogens with two attached hydrogens (primary N) is 1. The highest BCUT2D eigenvalue weighted by Crippen LogP contribution is 2.66. The lowest BCUT2D eigenvalue weighted by Crippen LogP contribution is -2.57. The summed E-state index contributed by atoms with van der Waals surface area (Å²) in [4.78, 5) is 0. The standard InChI is InChI=1S/C17H29N/c1-4-12(2)5-15(18)17-9-13-6-14(10-17)8-16(3,7-13)11-17/h13-15H,2,4-11,18H2,1,3H3. The van der Waals surface area contributed by atoms with Crippen LogP contribution in [0.1, 0.15) is 65.2 Å². The van der Waals surface area contributed by atoms with Gasteiger partial charge in [-0.3, -0.25) is 0 Å². The van der Waals surface area contributed by atoms with Crippen molar-refractivity contribution in [2.45, 2.75) is 71.3 Å². The minimum atomic E-state index is 0.371. The summed E-state index contributed by atoms with van der Waals surface area (Å²) in [6, 6.07) is 0.371. The summed E-state index contributed by atoms with van der Waals surface area (Å²) < 4.78 is 0. The molecule has 0 aromatic carbocycles. The average Bonchev–Trinajstić information content (AvgIpc) is 2.25. The second kappa shape index (κ2) is 4.10. The number of hydrogen-bond acceptors (Lipinski definition) is 1. The van der Waals surface area contributed by atoms with Crippen LogP contribution in [0.3, 0.4) is 0 Å². The molecule has 0 spiro atoms. The lowest BCUT2D eigenvalue weighted by atomic mass is 9.43. The summed E-state index contributed by atoms with van der Waals surface area (Å²) >= 11 is 0. The first kappa shape index (κ1) is 12.7. The van der Waals surface area contributed by atoms with Crippen molar-refractivity contribution in [3.63, 3.8) is 0 Å². The normalized spacial score (nSPS) is 47.3. The first-order chi connectivity index (χ1) is 8.45. The van der Waals surface area contributed by atoms with Crippen LogP contribution >= 0.6 is 0 Å². The second-order valence-corrected chi connectivity index (χ2v) is 8.05. The summed E-state index contributed by atoms with van der Waals surface area (Å²) in [5, 5.41) is 0. The Labute approximate surface area is 112 Å². The third kappa shape index (κ3) is 1.95. The van der Waals surface area contributed by atoms with E-state index in [-0.39, 0.29) is 0 Å². The molecule has 0 aromatic heterocycles. The number of hydrogen-bond donors (Lipinski definition) is 1. The van der Waals surface area contributed by atoms with Crippen molar-refractivity contribution in [3.8, 4) is 0 Å². The van der Waals surface area contributed by atoms with E-state index in [9.17, 15) is 0 Å². The summed E-state index contributed by atoms with van der Waals surface area (Å²) in [6.45, 7) is 8.91. The van der Waals surface area contributed by atoms with Gasteiger partial charge in [-0.25, -0.2) is 0 Å². The van der Waals surface area contributed by atoms with E-state index in [1.165, 1.54) is 44.1 Å². The van der Waals surface area contributed by atoms with Crippen LogP contribution in [-0.4, -0.2) is 6.04 Å². The molecular formula is C17H29N. The molecule has 4 rings (SSSR count). The molecule has 3 unspecified atom stereocenters. The number of rotatable bonds is 4. The molecular weight excluding hydrogens is 218 g/mol. The van der Waals surface area contributed by atoms with Crippen molar-refractivity contribution in [2.75, 3.05) is 0 Å². The van der Waals surface area contributed by atoms with Crippen LogP contribution in [-0.2, 0) is 0 Å². The van der Waals surface area contributed by atoms with Gasteiger partial charge >= 0.3 is 0 Å². The zero-order valence-corrected chi connectivity index (χ0v) is 12.2. The van der Waals surface area contributed by atoms with E-state index in [1.54, 1.807) is 0 Å². The fourth-order valence-electron chi connectivity index (χ4n) is 5.90. The SMILES string of the molecule is C=C(CC)CC(N)C12CC3CC(CC(C)(C3)C1)C2. The molecule has 4 aliphatic rings. The molecule has 0 saturated heterocycles. The minimum absolute atomic E-state index is 0.371. The Morgan fingerprint density at radius 3 is 2.39 bits per heavy atom. The van der Waals surface area contributed by atoms with Crippen molar-refractivity contribution in [1.82, 2.24) is 0 Å². The van der Waals surface area contributed by atoms with Gasteiger partial charge < -0.3 is 5.73 Å². The molecule has 1 heteroatoms. The van der Waals surface area contributed by atoms with Crippen LogP contribution in [0.4, 0.5) is 0 Å². The maximum absolute atomic E-state index is 6.65. The van der Waals surface area contributed by atoms with Crippen LogP contribution in [0.5, 0.6) is 0 Å². The van der Waals surface area contributed by atoms with Gasteiger partial charge in [0.25, 0.3) is 0 Å². The largest absolute Gasteiger partial charge is 0.327 e. The highest BCUT2D eigenvalue weighted by atomic mass is 14.7. The van der Waals surface area contributed by atoms with Gasteiger partial charge in [0.15, 0.2) is 0 Å². The Balaban J connectivity index is 1.80. The Hall–Kier alpha value is -0.300. The third-order valence-corrected chi connectivity index (χ3v) is 6.19. The van der Waals surface area contributed by atoms with Crippen LogP contribution in [0.15, 0.2) is 12.2 Å². The van der Waals surface area contributed by atoms with Gasteiger partial charge in [-0.2, -0.15) is 0 Å². The zero-order valence-electron chi connectivity index (χ0n) is 12.2. The molecule has 0 heterocycles. The average molecular weight is 247 g/mol. The van der Waals surface area contributed by atoms with E-state index in [1.807, 2.05) is 0 Å². The maximum Gasteiger partial charge on any atom is 0.0133 e. The predicted molar refractivity (Wildman–Crippen MR) is 77.2 cm³/mol. The predicted octanol–water partition coefficient (Wildman–Crippen LogP) is 4.28. The van der Waals surface area contributed by atoms with Crippen molar-refractivity contribution in [3.05, 3.63) is 12.2 Å². The Morgan fingerprint density at radius 1 is 1.28 bits per heavy atom. The molecule has 0 aliphatic heterocycles. The van der Waals surface area contributed by atoms with Crippen LogP contribution in [0, 0.1) is 22.7 Å². The first-order valence-corrected chi connectivity index (χ1v) is 7.87. The smallest absolute Gasteiger partial charge is 0.0133 e. The Kier molecular flexibility index (Phi) is 2.89. The van der Waals surface area contributed by atoms with Gasteiger partial charge in [-0.05, 0) is 74.0 Å². The fourth-order valence-corrected chi connectivity index (χ4v) is 5.90. The Bertz CT molecular complexity index is 343. The Morgan fingerprint density at radius 2 is 1.89 bits per heavy atom. The molecule has 3 atom stereocenters. The molecule has 18 heavy (non-hydrogen) atoms. The van der Waals surface area contributed by atoms with Gasteiger partial charge in [0.05, 0.1) is 0 Å². The van der Waals surface area contributed by atoms with E-state index in [0.717, 1.165) is 24.7 Å². The lowest BCUT2D eigenvalue weighted by Gasteiger charge is -2.63. The summed E-state index contributed by atoms with van der Waals surface area (Å²) in [6.07, 6.45) is 10.8. The summed E-state index contributed by atoms with van der Waals surface area (Å²) in [7, 11) is 0. The van der Waals surface area contributed by atoms with Crippen molar-refractivity contribution in [2.24, 2.45) is 28.4 Å². The van der Waals surface area contributed by atoms with E-state index in [0.29, 0.717) is 16.9 Å². The van der Waals surface area contributed by atoms with Gasteiger partial charge in [0, 0.05) is 6.04 Å². The quantitative estimate of drug-likeness (QED) is 0.737. The molecule has 2 N–H and O–H groups in total. The molecule has 4 fully saturated rings. The van der Waals surface area contributed by atoms with Crippen LogP contribution in [0.2, 0.25) is 0 Å². The van der Waals surface area contributed by atoms with Gasteiger partial charge in [0.1, 0.15) is 0 Å². The van der Waals surface area contributed by atoms with E-state index < -0.39 is 0 Å². The topological polar surface area (TPSA) is 26.0 Å². The van der Waals surface area contributed by atoms with Crippen LogP contribution < -0.4 is 5.73 Å². The lowest BCUT2D eigenvalue weighted by molar-refractivity contribution is -0.112. The summed E-state index contributed by atoms with van der Waals surface area (Å²) in [5.41, 5.74) is 9.09. The van der Waals surface area contributed by atoms with Gasteiger partial charge in [-0.15, -0.1) is 0 Å². The molecule has 102 valence electrons. The van der Waals surface area contributed by atoms with Crippen molar-refractivity contribution >= 4 is 0 Å². The van der Waals surface area contributed by atoms with E-state index >= 15 is 0 Å². The fraction of sp³-hybridized carbons (Fsp3) is 0.882. The maximum atomic E-state index is 6.65. The monoisotopic (exact) mass is 247 g/mol. The highest BCUT2D eigenvalue weighted by Gasteiger charge is 2.57. The molecule has 0 amide bonds. The zero-order chi connectivity index (χ0) is 13.0. The molecule has 4 saturated carbocycles. The summed E-state index contributed by atoms with van der Waals surface area (Å²) in [5.74, 6) is 1.97. The molecule has 4 bridgehead atoms. The molecule has 0 radical (unpaired) electrons. The third-order valence-electron chi connectivity index (χ3n) is 6.19. The van der Waals surface area contributed by atoms with E-state index in [4.69, 9.17) is 5.73 Å². The highest BCUT2D eigenvalue weighted by molar-refractivity contribution is 5.11. The molecule has 4 aliphatic carbocycles.